The molecular weight excluding hydrogens is 611 g/mol. The van der Waals surface area contributed by atoms with Crippen molar-refractivity contribution in [3.05, 3.63) is 158 Å². The Morgan fingerprint density at radius 2 is 0.822 bits per heavy atom. The summed E-state index contributed by atoms with van der Waals surface area (Å²) in [6.07, 6.45) is 0. The van der Waals surface area contributed by atoms with Crippen molar-refractivity contribution in [2.24, 2.45) is 0 Å². The van der Waals surface area contributed by atoms with Crippen molar-refractivity contribution in [2.75, 3.05) is 0 Å². The predicted molar refractivity (Wildman–Crippen MR) is 193 cm³/mol. The summed E-state index contributed by atoms with van der Waals surface area (Å²) in [6.45, 7) is 0. The van der Waals surface area contributed by atoms with Gasteiger partial charge in [-0.3, -0.25) is 0 Å². The number of nitrogens with zero attached hydrogens (tertiary/aromatic N) is 2. The monoisotopic (exact) mass is 638 g/mol. The van der Waals surface area contributed by atoms with Gasteiger partial charge in [-0.15, -0.1) is 0 Å². The summed E-state index contributed by atoms with van der Waals surface area (Å²) in [4.78, 5) is 0. The van der Waals surface area contributed by atoms with Gasteiger partial charge in [0, 0.05) is 5.69 Å². The van der Waals surface area contributed by atoms with Crippen LogP contribution in [0, 0.1) is 0 Å². The predicted octanol–water partition coefficient (Wildman–Crippen LogP) is 10.9. The third-order valence-corrected chi connectivity index (χ3v) is 11.7. The van der Waals surface area contributed by atoms with Crippen LogP contribution in [0.25, 0.3) is 85.4 Å². The maximum absolute atomic E-state index is 2.45. The van der Waals surface area contributed by atoms with Gasteiger partial charge < -0.3 is 4.57 Å². The first-order valence-corrected chi connectivity index (χ1v) is 17.1. The first kappa shape index (κ1) is 25.0. The number of hydrogen-bond donors (Lipinski definition) is 0. The molecule has 0 saturated heterocycles. The second-order valence-electron chi connectivity index (χ2n) is 11.8. The zero-order valence-corrected chi connectivity index (χ0v) is 26.0. The molecule has 0 saturated carbocycles. The van der Waals surface area contributed by atoms with E-state index < -0.39 is 0 Å². The minimum Gasteiger partial charge on any atom is -0.0602 e. The van der Waals surface area contributed by atoms with E-state index in [1.807, 2.05) is 0 Å². The van der Waals surface area contributed by atoms with Crippen molar-refractivity contribution < 1.29 is 0 Å². The van der Waals surface area contributed by atoms with Crippen LogP contribution in [0.1, 0.15) is 0 Å². The SMILES string of the molecule is c1ccc(-n2c3ccccc3c3cc(-c4ccc5c(c4)c4ccccc4n5-c4ccc5c(c4)[se]c4ccccc45)ccc32)cc1. The van der Waals surface area contributed by atoms with Crippen LogP contribution in [0.4, 0.5) is 0 Å². The summed E-state index contributed by atoms with van der Waals surface area (Å²) >= 11 is 0.330. The molecule has 0 spiro atoms. The molecule has 0 bridgehead atoms. The van der Waals surface area contributed by atoms with Crippen LogP contribution in [-0.2, 0) is 0 Å². The molecule has 3 heteroatoms. The summed E-state index contributed by atoms with van der Waals surface area (Å²) in [7, 11) is 0. The second-order valence-corrected chi connectivity index (χ2v) is 14.1. The minimum atomic E-state index is 0.330. The molecule has 45 heavy (non-hydrogen) atoms. The van der Waals surface area contributed by atoms with E-state index >= 15 is 0 Å². The molecule has 0 atom stereocenters. The van der Waals surface area contributed by atoms with Crippen molar-refractivity contribution in [1.29, 1.82) is 0 Å². The molecule has 0 aliphatic rings. The van der Waals surface area contributed by atoms with Crippen LogP contribution in [0.2, 0.25) is 0 Å². The van der Waals surface area contributed by atoms with Crippen molar-refractivity contribution in [3.63, 3.8) is 0 Å². The van der Waals surface area contributed by atoms with E-state index in [9.17, 15) is 0 Å². The van der Waals surface area contributed by atoms with E-state index in [2.05, 4.69) is 167 Å². The molecule has 3 aromatic heterocycles. The summed E-state index contributed by atoms with van der Waals surface area (Å²) in [5.41, 5.74) is 9.82. The van der Waals surface area contributed by atoms with Crippen LogP contribution in [0.3, 0.4) is 0 Å². The maximum atomic E-state index is 2.45. The normalized spacial score (nSPS) is 12.0. The topological polar surface area (TPSA) is 9.86 Å². The quantitative estimate of drug-likeness (QED) is 0.171. The van der Waals surface area contributed by atoms with Gasteiger partial charge in [-0.25, -0.2) is 0 Å². The van der Waals surface area contributed by atoms with Gasteiger partial charge in [0.05, 0.1) is 5.52 Å². The van der Waals surface area contributed by atoms with E-state index in [0.29, 0.717) is 14.5 Å². The van der Waals surface area contributed by atoms with Crippen LogP contribution in [-0.4, -0.2) is 23.6 Å². The molecule has 210 valence electrons. The Bertz CT molecular complexity index is 2760. The van der Waals surface area contributed by atoms with Crippen molar-refractivity contribution in [1.82, 2.24) is 9.13 Å². The van der Waals surface area contributed by atoms with Crippen LogP contribution in [0.15, 0.2) is 158 Å². The summed E-state index contributed by atoms with van der Waals surface area (Å²) in [5, 5.41) is 7.90. The Hall–Kier alpha value is -5.34. The third kappa shape index (κ3) is 3.69. The van der Waals surface area contributed by atoms with Gasteiger partial charge in [-0.05, 0) is 18.2 Å². The molecule has 0 radical (unpaired) electrons. The van der Waals surface area contributed by atoms with E-state index in [-0.39, 0.29) is 0 Å². The summed E-state index contributed by atoms with van der Waals surface area (Å²) in [5.74, 6) is 0. The Labute approximate surface area is 265 Å². The van der Waals surface area contributed by atoms with Crippen molar-refractivity contribution >= 4 is 77.4 Å². The number of benzene rings is 7. The van der Waals surface area contributed by atoms with E-state index in [1.54, 1.807) is 0 Å². The Morgan fingerprint density at radius 3 is 1.49 bits per heavy atom. The van der Waals surface area contributed by atoms with Crippen LogP contribution < -0.4 is 0 Å². The zero-order valence-electron chi connectivity index (χ0n) is 24.3. The molecule has 0 aliphatic heterocycles. The smallest absolute Gasteiger partial charge is 0.0602 e. The third-order valence-electron chi connectivity index (χ3n) is 9.31. The van der Waals surface area contributed by atoms with Gasteiger partial charge >= 0.3 is 196 Å². The number of hydrogen-bond acceptors (Lipinski definition) is 0. The molecule has 0 aliphatic carbocycles. The van der Waals surface area contributed by atoms with Crippen molar-refractivity contribution in [3.8, 4) is 22.5 Å². The van der Waals surface area contributed by atoms with Gasteiger partial charge in [-0.1, -0.05) is 36.4 Å². The molecular formula is C42H26N2Se. The minimum absolute atomic E-state index is 0.330. The number of para-hydroxylation sites is 3. The number of fused-ring (bicyclic) bond motifs is 9. The van der Waals surface area contributed by atoms with Crippen LogP contribution in [0.5, 0.6) is 0 Å². The first-order valence-electron chi connectivity index (χ1n) is 15.4. The molecule has 0 N–H and O–H groups in total. The molecule has 3 heterocycles. The number of rotatable bonds is 3. The molecule has 0 amide bonds. The number of aromatic nitrogens is 2. The van der Waals surface area contributed by atoms with Crippen molar-refractivity contribution in [2.45, 2.75) is 0 Å². The average Bonchev–Trinajstić information content (AvgIpc) is 3.75. The van der Waals surface area contributed by atoms with Gasteiger partial charge in [0.2, 0.25) is 0 Å². The van der Waals surface area contributed by atoms with E-state index in [0.717, 1.165) is 0 Å². The van der Waals surface area contributed by atoms with E-state index in [4.69, 9.17) is 0 Å². The first-order chi connectivity index (χ1) is 22.3. The Kier molecular flexibility index (Phi) is 5.33. The fourth-order valence-electron chi connectivity index (χ4n) is 7.29. The molecule has 10 rings (SSSR count). The van der Waals surface area contributed by atoms with Gasteiger partial charge in [0.1, 0.15) is 0 Å². The molecule has 0 fully saturated rings. The molecule has 7 aromatic carbocycles. The summed E-state index contributed by atoms with van der Waals surface area (Å²) in [6, 6.07) is 58.1. The molecule has 0 unspecified atom stereocenters. The van der Waals surface area contributed by atoms with Crippen LogP contribution >= 0.6 is 0 Å². The fraction of sp³-hybridized carbons (Fsp3) is 0. The Morgan fingerprint density at radius 1 is 0.311 bits per heavy atom. The van der Waals surface area contributed by atoms with Gasteiger partial charge in [-0.2, -0.15) is 0 Å². The van der Waals surface area contributed by atoms with Gasteiger partial charge in [0.25, 0.3) is 0 Å². The molecule has 2 nitrogen and oxygen atoms in total. The Balaban J connectivity index is 1.17. The second kappa shape index (κ2) is 9.58. The summed E-state index contributed by atoms with van der Waals surface area (Å²) < 4.78 is 7.77. The van der Waals surface area contributed by atoms with E-state index in [1.165, 1.54) is 85.4 Å². The average molecular weight is 638 g/mol. The molecule has 10 aromatic rings. The fourth-order valence-corrected chi connectivity index (χ4v) is 9.68. The van der Waals surface area contributed by atoms with Gasteiger partial charge in [0.15, 0.2) is 0 Å². The standard InChI is InChI=1S/C42H26N2Se/c1-2-10-29(11-3-1)43-37-15-7-4-12-31(37)35-24-27(18-22-39(35)43)28-19-23-40-36(25-28)32-13-5-8-16-38(32)44(40)30-20-21-34-33-14-6-9-17-41(33)45-42(34)26-30/h1-26H. The zero-order chi connectivity index (χ0) is 29.5.